The van der Waals surface area contributed by atoms with E-state index in [-0.39, 0.29) is 5.91 Å². The molecule has 0 radical (unpaired) electrons. The third-order valence-electron chi connectivity index (χ3n) is 3.74. The van der Waals surface area contributed by atoms with Crippen LogP contribution in [0.1, 0.15) is 27.2 Å². The number of rotatable bonds is 3. The molecule has 1 aromatic carbocycles. The van der Waals surface area contributed by atoms with Gasteiger partial charge in [0.15, 0.2) is 0 Å². The number of hydrogen-bond donors (Lipinski definition) is 2. The second-order valence-electron chi connectivity index (χ2n) is 5.00. The average molecular weight is 270 g/mol. The lowest BCUT2D eigenvalue weighted by molar-refractivity contribution is 0.0949. The topological polar surface area (TPSA) is 59.0 Å². The van der Waals surface area contributed by atoms with Gasteiger partial charge in [-0.3, -0.25) is 9.48 Å². The SMILES string of the molecule is Cn1nccc1CNC(=O)c1cccc2c1CCNC2. The molecule has 3 rings (SSSR count). The highest BCUT2D eigenvalue weighted by Crippen LogP contribution is 2.18. The van der Waals surface area contributed by atoms with E-state index in [2.05, 4.69) is 21.8 Å². The maximum Gasteiger partial charge on any atom is 0.251 e. The summed E-state index contributed by atoms with van der Waals surface area (Å²) in [5.41, 5.74) is 4.19. The van der Waals surface area contributed by atoms with E-state index < -0.39 is 0 Å². The van der Waals surface area contributed by atoms with Gasteiger partial charge in [-0.25, -0.2) is 0 Å². The smallest absolute Gasteiger partial charge is 0.251 e. The molecule has 2 N–H and O–H groups in total. The van der Waals surface area contributed by atoms with Crippen LogP contribution < -0.4 is 10.6 Å². The predicted octanol–water partition coefficient (Wildman–Crippen LogP) is 0.996. The molecule has 2 heterocycles. The summed E-state index contributed by atoms with van der Waals surface area (Å²) in [5.74, 6) is -0.00931. The van der Waals surface area contributed by atoms with Gasteiger partial charge in [0, 0.05) is 25.4 Å². The maximum atomic E-state index is 12.4. The maximum absolute atomic E-state index is 12.4. The van der Waals surface area contributed by atoms with Crippen LogP contribution in [0.25, 0.3) is 0 Å². The largest absolute Gasteiger partial charge is 0.346 e. The number of nitrogens with zero attached hydrogens (tertiary/aromatic N) is 2. The fourth-order valence-electron chi connectivity index (χ4n) is 2.59. The van der Waals surface area contributed by atoms with Gasteiger partial charge in [-0.2, -0.15) is 5.10 Å². The van der Waals surface area contributed by atoms with Crippen LogP contribution in [0, 0.1) is 0 Å². The van der Waals surface area contributed by atoms with Crippen LogP contribution in [0.2, 0.25) is 0 Å². The molecule has 0 aliphatic carbocycles. The van der Waals surface area contributed by atoms with E-state index in [1.807, 2.05) is 25.2 Å². The molecule has 1 aromatic heterocycles. The van der Waals surface area contributed by atoms with E-state index in [1.165, 1.54) is 11.1 Å². The Morgan fingerprint density at radius 1 is 1.45 bits per heavy atom. The molecule has 5 heteroatoms. The number of carbonyl (C=O) groups is 1. The minimum Gasteiger partial charge on any atom is -0.346 e. The zero-order valence-corrected chi connectivity index (χ0v) is 11.5. The highest BCUT2D eigenvalue weighted by Gasteiger charge is 2.17. The molecule has 5 nitrogen and oxygen atoms in total. The van der Waals surface area contributed by atoms with Crippen LogP contribution in [0.3, 0.4) is 0 Å². The van der Waals surface area contributed by atoms with Gasteiger partial charge in [-0.05, 0) is 36.2 Å². The van der Waals surface area contributed by atoms with Crippen LogP contribution in [0.4, 0.5) is 0 Å². The molecule has 1 aliphatic rings. The minimum atomic E-state index is -0.00931. The fraction of sp³-hybridized carbons (Fsp3) is 0.333. The molecule has 1 aliphatic heterocycles. The Labute approximate surface area is 118 Å². The number of fused-ring (bicyclic) bond motifs is 1. The Balaban J connectivity index is 1.76. The lowest BCUT2D eigenvalue weighted by atomic mass is 9.95. The standard InChI is InChI=1S/C15H18N4O/c1-19-12(5-8-18-19)10-17-15(20)14-4-2-3-11-9-16-7-6-13(11)14/h2-5,8,16H,6-7,9-10H2,1H3,(H,17,20). The molecular formula is C15H18N4O. The first-order valence-corrected chi connectivity index (χ1v) is 6.82. The summed E-state index contributed by atoms with van der Waals surface area (Å²) in [6, 6.07) is 7.84. The van der Waals surface area contributed by atoms with Gasteiger partial charge < -0.3 is 10.6 Å². The number of carbonyl (C=O) groups excluding carboxylic acids is 1. The van der Waals surface area contributed by atoms with Gasteiger partial charge in [-0.15, -0.1) is 0 Å². The zero-order chi connectivity index (χ0) is 13.9. The molecule has 0 atom stereocenters. The Morgan fingerprint density at radius 3 is 3.15 bits per heavy atom. The van der Waals surface area contributed by atoms with E-state index in [0.717, 1.165) is 30.8 Å². The van der Waals surface area contributed by atoms with Gasteiger partial charge in [-0.1, -0.05) is 12.1 Å². The van der Waals surface area contributed by atoms with Crippen molar-refractivity contribution in [2.45, 2.75) is 19.5 Å². The summed E-state index contributed by atoms with van der Waals surface area (Å²) < 4.78 is 1.77. The summed E-state index contributed by atoms with van der Waals surface area (Å²) in [5, 5.41) is 10.4. The second-order valence-corrected chi connectivity index (χ2v) is 5.00. The van der Waals surface area contributed by atoms with Gasteiger partial charge in [0.1, 0.15) is 0 Å². The molecule has 1 amide bonds. The van der Waals surface area contributed by atoms with Crippen molar-refractivity contribution >= 4 is 5.91 Å². The molecule has 0 saturated heterocycles. The molecule has 0 spiro atoms. The second kappa shape index (κ2) is 5.46. The first-order chi connectivity index (χ1) is 9.75. The van der Waals surface area contributed by atoms with Crippen molar-refractivity contribution in [1.82, 2.24) is 20.4 Å². The number of benzene rings is 1. The van der Waals surface area contributed by atoms with Crippen molar-refractivity contribution in [2.24, 2.45) is 7.05 Å². The molecule has 0 saturated carbocycles. The van der Waals surface area contributed by atoms with Crippen LogP contribution in [-0.2, 0) is 26.6 Å². The summed E-state index contributed by atoms with van der Waals surface area (Å²) >= 11 is 0. The molecule has 2 aromatic rings. The Kier molecular flexibility index (Phi) is 3.52. The first kappa shape index (κ1) is 12.9. The van der Waals surface area contributed by atoms with Crippen molar-refractivity contribution in [2.75, 3.05) is 6.54 Å². The van der Waals surface area contributed by atoms with E-state index in [4.69, 9.17) is 0 Å². The van der Waals surface area contributed by atoms with E-state index in [9.17, 15) is 4.79 Å². The third kappa shape index (κ3) is 2.44. The minimum absolute atomic E-state index is 0.00931. The highest BCUT2D eigenvalue weighted by atomic mass is 16.1. The normalized spacial score (nSPS) is 13.8. The van der Waals surface area contributed by atoms with E-state index in [0.29, 0.717) is 6.54 Å². The van der Waals surface area contributed by atoms with Crippen molar-refractivity contribution in [1.29, 1.82) is 0 Å². The van der Waals surface area contributed by atoms with E-state index >= 15 is 0 Å². The zero-order valence-electron chi connectivity index (χ0n) is 11.5. The summed E-state index contributed by atoms with van der Waals surface area (Å²) in [7, 11) is 1.87. The van der Waals surface area contributed by atoms with Crippen molar-refractivity contribution in [3.63, 3.8) is 0 Å². The number of aryl methyl sites for hydroxylation is 1. The van der Waals surface area contributed by atoms with Crippen LogP contribution >= 0.6 is 0 Å². The Morgan fingerprint density at radius 2 is 2.35 bits per heavy atom. The predicted molar refractivity (Wildman–Crippen MR) is 76.2 cm³/mol. The first-order valence-electron chi connectivity index (χ1n) is 6.82. The van der Waals surface area contributed by atoms with Crippen molar-refractivity contribution < 1.29 is 4.79 Å². The monoisotopic (exact) mass is 270 g/mol. The van der Waals surface area contributed by atoms with E-state index in [1.54, 1.807) is 10.9 Å². The number of hydrogen-bond acceptors (Lipinski definition) is 3. The Hall–Kier alpha value is -2.14. The third-order valence-corrected chi connectivity index (χ3v) is 3.74. The molecule has 104 valence electrons. The average Bonchev–Trinajstić information content (AvgIpc) is 2.89. The van der Waals surface area contributed by atoms with Crippen LogP contribution in [-0.4, -0.2) is 22.2 Å². The molecular weight excluding hydrogens is 252 g/mol. The summed E-state index contributed by atoms with van der Waals surface area (Å²) in [6.07, 6.45) is 2.64. The fourth-order valence-corrected chi connectivity index (χ4v) is 2.59. The number of aromatic nitrogens is 2. The van der Waals surface area contributed by atoms with Crippen LogP contribution in [0.5, 0.6) is 0 Å². The molecule has 0 fully saturated rings. The molecule has 0 unspecified atom stereocenters. The quantitative estimate of drug-likeness (QED) is 0.874. The van der Waals surface area contributed by atoms with Gasteiger partial charge in [0.2, 0.25) is 0 Å². The molecule has 20 heavy (non-hydrogen) atoms. The summed E-state index contributed by atoms with van der Waals surface area (Å²) in [4.78, 5) is 12.4. The van der Waals surface area contributed by atoms with Gasteiger partial charge in [0.05, 0.1) is 12.2 Å². The molecule has 0 bridgehead atoms. The van der Waals surface area contributed by atoms with Gasteiger partial charge in [0.25, 0.3) is 5.91 Å². The van der Waals surface area contributed by atoms with Crippen molar-refractivity contribution in [3.8, 4) is 0 Å². The number of amides is 1. The number of nitrogens with one attached hydrogen (secondary N) is 2. The van der Waals surface area contributed by atoms with Crippen LogP contribution in [0.15, 0.2) is 30.5 Å². The highest BCUT2D eigenvalue weighted by molar-refractivity contribution is 5.96. The van der Waals surface area contributed by atoms with Crippen molar-refractivity contribution in [3.05, 3.63) is 52.8 Å². The summed E-state index contributed by atoms with van der Waals surface area (Å²) in [6.45, 7) is 2.27. The Bertz CT molecular complexity index is 633. The lowest BCUT2D eigenvalue weighted by Crippen LogP contribution is -2.29. The van der Waals surface area contributed by atoms with Gasteiger partial charge >= 0.3 is 0 Å². The lowest BCUT2D eigenvalue weighted by Gasteiger charge is -2.19.